The largest absolute Gasteiger partial charge is 0.495 e. The number of nitrogens with one attached hydrogen (secondary N) is 2. The summed E-state index contributed by atoms with van der Waals surface area (Å²) in [6, 6.07) is 3.29. The van der Waals surface area contributed by atoms with Gasteiger partial charge in [-0.3, -0.25) is 4.79 Å². The Morgan fingerprint density at radius 3 is 2.43 bits per heavy atom. The van der Waals surface area contributed by atoms with Crippen LogP contribution in [0.15, 0.2) is 23.1 Å². The van der Waals surface area contributed by atoms with E-state index in [-0.39, 0.29) is 22.4 Å². The third-order valence-corrected chi connectivity index (χ3v) is 4.20. The molecule has 1 rings (SSSR count). The predicted molar refractivity (Wildman–Crippen MR) is 80.5 cm³/mol. The molecule has 0 saturated heterocycles. The maximum absolute atomic E-state index is 12.3. The summed E-state index contributed by atoms with van der Waals surface area (Å²) in [5, 5.41) is 2.63. The summed E-state index contributed by atoms with van der Waals surface area (Å²) < 4.78 is 32.0. The molecule has 21 heavy (non-hydrogen) atoms. The zero-order valence-corrected chi connectivity index (χ0v) is 13.3. The number of anilines is 1. The van der Waals surface area contributed by atoms with E-state index in [0.717, 1.165) is 0 Å². The summed E-state index contributed by atoms with van der Waals surface area (Å²) in [6.45, 7) is 5.05. The van der Waals surface area contributed by atoms with Gasteiger partial charge in [-0.15, -0.1) is 0 Å². The van der Waals surface area contributed by atoms with E-state index in [4.69, 9.17) is 10.5 Å². The Morgan fingerprint density at radius 2 is 1.90 bits per heavy atom. The van der Waals surface area contributed by atoms with Gasteiger partial charge in [0.15, 0.2) is 0 Å². The summed E-state index contributed by atoms with van der Waals surface area (Å²) in [5.41, 5.74) is 5.90. The highest BCUT2D eigenvalue weighted by molar-refractivity contribution is 7.89. The van der Waals surface area contributed by atoms with E-state index < -0.39 is 22.0 Å². The van der Waals surface area contributed by atoms with Crippen LogP contribution in [0, 0.1) is 0 Å². The minimum absolute atomic E-state index is 0.0774. The highest BCUT2D eigenvalue weighted by Crippen LogP contribution is 2.25. The Bertz CT molecular complexity index is 614. The van der Waals surface area contributed by atoms with Crippen molar-refractivity contribution in [3.63, 3.8) is 0 Å². The fourth-order valence-corrected chi connectivity index (χ4v) is 3.07. The average Bonchev–Trinajstić information content (AvgIpc) is 2.37. The zero-order chi connectivity index (χ0) is 16.2. The number of hydrogen-bond acceptors (Lipinski definition) is 5. The van der Waals surface area contributed by atoms with Gasteiger partial charge in [0, 0.05) is 11.7 Å². The van der Waals surface area contributed by atoms with Gasteiger partial charge in [-0.05, 0) is 39.0 Å². The number of sulfonamides is 1. The van der Waals surface area contributed by atoms with Gasteiger partial charge >= 0.3 is 0 Å². The van der Waals surface area contributed by atoms with E-state index in [1.54, 1.807) is 13.8 Å². The second-order valence-corrected chi connectivity index (χ2v) is 6.60. The molecule has 0 spiro atoms. The lowest BCUT2D eigenvalue weighted by atomic mass is 10.3. The minimum atomic E-state index is -3.92. The summed E-state index contributed by atoms with van der Waals surface area (Å²) in [4.78, 5) is 11.7. The number of rotatable bonds is 6. The molecule has 0 aliphatic rings. The smallest absolute Gasteiger partial charge is 0.245 e. The van der Waals surface area contributed by atoms with Crippen LogP contribution in [-0.2, 0) is 14.8 Å². The van der Waals surface area contributed by atoms with Gasteiger partial charge in [-0.25, -0.2) is 8.42 Å². The number of nitrogen functional groups attached to an aromatic ring is 1. The molecular formula is C13H21N3O4S. The van der Waals surface area contributed by atoms with Crippen LogP contribution >= 0.6 is 0 Å². The third kappa shape index (κ3) is 4.61. The fraction of sp³-hybridized carbons (Fsp3) is 0.462. The summed E-state index contributed by atoms with van der Waals surface area (Å²) >= 11 is 0. The maximum atomic E-state index is 12.3. The molecule has 1 aromatic carbocycles. The first kappa shape index (κ1) is 17.3. The highest BCUT2D eigenvalue weighted by atomic mass is 32.2. The first-order valence-electron chi connectivity index (χ1n) is 6.43. The molecule has 1 amide bonds. The average molecular weight is 315 g/mol. The van der Waals surface area contributed by atoms with E-state index in [2.05, 4.69) is 10.0 Å². The first-order valence-corrected chi connectivity index (χ1v) is 7.92. The molecule has 0 heterocycles. The quantitative estimate of drug-likeness (QED) is 0.661. The Labute approximate surface area is 124 Å². The molecule has 0 saturated carbocycles. The number of benzene rings is 1. The SMILES string of the molecule is COc1ccc(N)cc1S(=O)(=O)NC(C)C(=O)NC(C)C. The number of amides is 1. The van der Waals surface area contributed by atoms with E-state index >= 15 is 0 Å². The van der Waals surface area contributed by atoms with Crippen LogP contribution < -0.4 is 20.5 Å². The van der Waals surface area contributed by atoms with Gasteiger partial charge < -0.3 is 15.8 Å². The summed E-state index contributed by atoms with van der Waals surface area (Å²) in [5.74, 6) is -0.246. The maximum Gasteiger partial charge on any atom is 0.245 e. The molecule has 4 N–H and O–H groups in total. The van der Waals surface area contributed by atoms with Crippen LogP contribution in [0.2, 0.25) is 0 Å². The Kier molecular flexibility index (Phi) is 5.56. The minimum Gasteiger partial charge on any atom is -0.495 e. The molecule has 0 aliphatic carbocycles. The Balaban J connectivity index is 3.02. The van der Waals surface area contributed by atoms with Crippen molar-refractivity contribution in [1.29, 1.82) is 0 Å². The molecule has 0 radical (unpaired) electrons. The van der Waals surface area contributed by atoms with E-state index in [0.29, 0.717) is 0 Å². The van der Waals surface area contributed by atoms with Crippen molar-refractivity contribution < 1.29 is 17.9 Å². The van der Waals surface area contributed by atoms with Crippen molar-refractivity contribution in [3.05, 3.63) is 18.2 Å². The predicted octanol–water partition coefficient (Wildman–Crippen LogP) is 0.469. The number of nitrogens with two attached hydrogens (primary N) is 1. The second kappa shape index (κ2) is 6.77. The summed E-state index contributed by atoms with van der Waals surface area (Å²) in [7, 11) is -2.56. The molecule has 0 bridgehead atoms. The van der Waals surface area contributed by atoms with Crippen LogP contribution in [0.25, 0.3) is 0 Å². The summed E-state index contributed by atoms with van der Waals surface area (Å²) in [6.07, 6.45) is 0. The number of carbonyl (C=O) groups excluding carboxylic acids is 1. The van der Waals surface area contributed by atoms with Gasteiger partial charge in [-0.2, -0.15) is 4.72 Å². The van der Waals surface area contributed by atoms with Gasteiger partial charge in [-0.1, -0.05) is 0 Å². The van der Waals surface area contributed by atoms with Crippen molar-refractivity contribution >= 4 is 21.6 Å². The lowest BCUT2D eigenvalue weighted by Crippen LogP contribution is -2.46. The Morgan fingerprint density at radius 1 is 1.29 bits per heavy atom. The molecule has 0 fully saturated rings. The van der Waals surface area contributed by atoms with Crippen LogP contribution in [0.3, 0.4) is 0 Å². The lowest BCUT2D eigenvalue weighted by molar-refractivity contribution is -0.122. The highest BCUT2D eigenvalue weighted by Gasteiger charge is 2.25. The number of ether oxygens (including phenoxy) is 1. The van der Waals surface area contributed by atoms with Gasteiger partial charge in [0.25, 0.3) is 0 Å². The van der Waals surface area contributed by atoms with Crippen molar-refractivity contribution in [3.8, 4) is 5.75 Å². The molecule has 0 aromatic heterocycles. The third-order valence-electron chi connectivity index (χ3n) is 2.63. The molecular weight excluding hydrogens is 294 g/mol. The molecule has 1 aromatic rings. The molecule has 0 aliphatic heterocycles. The number of methoxy groups -OCH3 is 1. The topological polar surface area (TPSA) is 111 Å². The number of hydrogen-bond donors (Lipinski definition) is 3. The zero-order valence-electron chi connectivity index (χ0n) is 12.5. The molecule has 1 atom stereocenters. The van der Waals surface area contributed by atoms with Crippen molar-refractivity contribution in [2.75, 3.05) is 12.8 Å². The lowest BCUT2D eigenvalue weighted by Gasteiger charge is -2.17. The molecule has 8 heteroatoms. The normalized spacial score (nSPS) is 13.0. The standard InChI is InChI=1S/C13H21N3O4S/c1-8(2)15-13(17)9(3)16-21(18,19)12-7-10(14)5-6-11(12)20-4/h5-9,16H,14H2,1-4H3,(H,15,17). The van der Waals surface area contributed by atoms with E-state index in [1.807, 2.05) is 0 Å². The van der Waals surface area contributed by atoms with Crippen molar-refractivity contribution in [1.82, 2.24) is 10.0 Å². The van der Waals surface area contributed by atoms with Gasteiger partial charge in [0.1, 0.15) is 10.6 Å². The van der Waals surface area contributed by atoms with Gasteiger partial charge in [0.05, 0.1) is 13.2 Å². The van der Waals surface area contributed by atoms with E-state index in [9.17, 15) is 13.2 Å². The fourth-order valence-electron chi connectivity index (χ4n) is 1.66. The molecule has 1 unspecified atom stereocenters. The van der Waals surface area contributed by atoms with Crippen molar-refractivity contribution in [2.45, 2.75) is 37.8 Å². The van der Waals surface area contributed by atoms with Crippen LogP contribution in [0.4, 0.5) is 5.69 Å². The second-order valence-electron chi connectivity index (χ2n) is 4.92. The molecule has 118 valence electrons. The van der Waals surface area contributed by atoms with Crippen LogP contribution in [0.1, 0.15) is 20.8 Å². The molecule has 7 nitrogen and oxygen atoms in total. The first-order chi connectivity index (χ1) is 9.67. The Hall–Kier alpha value is -1.80. The monoisotopic (exact) mass is 315 g/mol. The van der Waals surface area contributed by atoms with E-state index in [1.165, 1.54) is 32.2 Å². The van der Waals surface area contributed by atoms with Gasteiger partial charge in [0.2, 0.25) is 15.9 Å². The van der Waals surface area contributed by atoms with Crippen LogP contribution in [0.5, 0.6) is 5.75 Å². The van der Waals surface area contributed by atoms with Crippen LogP contribution in [-0.4, -0.2) is 33.5 Å². The van der Waals surface area contributed by atoms with Crippen molar-refractivity contribution in [2.24, 2.45) is 0 Å². The number of carbonyl (C=O) groups is 1.